The number of hydrogen-bond donors (Lipinski definition) is 1. The molecule has 0 saturated carbocycles. The Bertz CT molecular complexity index is 1590. The molecule has 0 aliphatic carbocycles. The standard InChI is InChI=1S/C39H43NO10/c1-27-36(31-17-10-5-11-18-31)50-39(46)40(27)38(45)34(23-29-13-6-3-7-14-29)37(49-28(2)42)35(44)21-20-32(43)19-12-22-47-26-33(24-41)48-25-30-15-8-4-9-16-30/h3-11,13-18,20-21,27,33-34,36-37,41H,12,19,22-26H2,1-2H3/t27-,33+,34-,36-,37-/m0/s1. The molecule has 50 heavy (non-hydrogen) atoms. The molecule has 0 spiro atoms. The van der Waals surface area contributed by atoms with E-state index in [0.717, 1.165) is 29.5 Å². The third-order valence-corrected chi connectivity index (χ3v) is 8.17. The van der Waals surface area contributed by atoms with Gasteiger partial charge < -0.3 is 24.1 Å². The number of ketones is 2. The van der Waals surface area contributed by atoms with Crippen LogP contribution in [0.3, 0.4) is 0 Å². The maximum absolute atomic E-state index is 14.2. The van der Waals surface area contributed by atoms with E-state index in [0.29, 0.717) is 24.2 Å². The number of aliphatic hydroxyl groups is 1. The first-order chi connectivity index (χ1) is 24.2. The van der Waals surface area contributed by atoms with E-state index in [1.807, 2.05) is 36.4 Å². The molecule has 11 nitrogen and oxygen atoms in total. The van der Waals surface area contributed by atoms with Crippen molar-refractivity contribution in [3.8, 4) is 0 Å². The van der Waals surface area contributed by atoms with Crippen LogP contribution >= 0.6 is 0 Å². The molecule has 0 bridgehead atoms. The summed E-state index contributed by atoms with van der Waals surface area (Å²) in [6.45, 7) is 3.25. The minimum atomic E-state index is -1.62. The van der Waals surface area contributed by atoms with Gasteiger partial charge in [-0.1, -0.05) is 91.0 Å². The van der Waals surface area contributed by atoms with E-state index in [9.17, 15) is 29.1 Å². The van der Waals surface area contributed by atoms with Gasteiger partial charge in [0.15, 0.2) is 17.7 Å². The maximum Gasteiger partial charge on any atom is 0.417 e. The molecule has 2 amide bonds. The Morgan fingerprint density at radius 2 is 1.52 bits per heavy atom. The lowest BCUT2D eigenvalue weighted by Crippen LogP contribution is -2.48. The quantitative estimate of drug-likeness (QED) is 0.104. The van der Waals surface area contributed by atoms with E-state index in [1.54, 1.807) is 61.5 Å². The number of aliphatic hydroxyl groups excluding tert-OH is 1. The number of esters is 1. The van der Waals surface area contributed by atoms with Crippen LogP contribution in [0.2, 0.25) is 0 Å². The van der Waals surface area contributed by atoms with Crippen molar-refractivity contribution in [2.45, 2.75) is 64.1 Å². The summed E-state index contributed by atoms with van der Waals surface area (Å²) in [5, 5.41) is 9.59. The van der Waals surface area contributed by atoms with Crippen LogP contribution in [0.5, 0.6) is 0 Å². The second-order valence-corrected chi connectivity index (χ2v) is 12.0. The predicted molar refractivity (Wildman–Crippen MR) is 182 cm³/mol. The Labute approximate surface area is 291 Å². The summed E-state index contributed by atoms with van der Waals surface area (Å²) in [5.74, 6) is -4.00. The van der Waals surface area contributed by atoms with Gasteiger partial charge in [-0.25, -0.2) is 9.69 Å². The van der Waals surface area contributed by atoms with Gasteiger partial charge in [0.2, 0.25) is 5.91 Å². The van der Waals surface area contributed by atoms with Crippen molar-refractivity contribution in [2.24, 2.45) is 5.92 Å². The highest BCUT2D eigenvalue weighted by molar-refractivity contribution is 6.04. The summed E-state index contributed by atoms with van der Waals surface area (Å²) in [6, 6.07) is 26.6. The summed E-state index contributed by atoms with van der Waals surface area (Å²) in [5.41, 5.74) is 2.34. The Morgan fingerprint density at radius 1 is 0.900 bits per heavy atom. The second kappa shape index (κ2) is 19.3. The van der Waals surface area contributed by atoms with Crippen molar-refractivity contribution in [3.63, 3.8) is 0 Å². The van der Waals surface area contributed by atoms with Crippen molar-refractivity contribution < 1.29 is 48.0 Å². The molecule has 4 rings (SSSR count). The number of imide groups is 1. The van der Waals surface area contributed by atoms with Gasteiger partial charge >= 0.3 is 12.1 Å². The van der Waals surface area contributed by atoms with E-state index < -0.39 is 54.0 Å². The smallest absolute Gasteiger partial charge is 0.417 e. The van der Waals surface area contributed by atoms with Crippen LogP contribution in [0, 0.1) is 5.92 Å². The van der Waals surface area contributed by atoms with E-state index in [-0.39, 0.29) is 38.4 Å². The van der Waals surface area contributed by atoms with E-state index in [2.05, 4.69) is 0 Å². The largest absolute Gasteiger partial charge is 0.453 e. The molecule has 1 saturated heterocycles. The van der Waals surface area contributed by atoms with Gasteiger partial charge in [0.1, 0.15) is 12.2 Å². The Hall–Kier alpha value is -4.97. The summed E-state index contributed by atoms with van der Waals surface area (Å²) < 4.78 is 22.3. The lowest BCUT2D eigenvalue weighted by molar-refractivity contribution is -0.158. The number of carbonyl (C=O) groups excluding carboxylic acids is 5. The van der Waals surface area contributed by atoms with E-state index in [1.165, 1.54) is 0 Å². The van der Waals surface area contributed by atoms with Gasteiger partial charge in [-0.15, -0.1) is 0 Å². The zero-order chi connectivity index (χ0) is 35.9. The predicted octanol–water partition coefficient (Wildman–Crippen LogP) is 4.95. The van der Waals surface area contributed by atoms with Gasteiger partial charge in [0.25, 0.3) is 0 Å². The SMILES string of the molecule is CC(=O)O[C@H](C(=O)C=CC(=O)CCCOC[C@@H](CO)OCc1ccccc1)[C@H](Cc1ccccc1)C(=O)N1C(=O)O[C@H](c2ccccc2)[C@@H]1C. The van der Waals surface area contributed by atoms with Crippen LogP contribution < -0.4 is 0 Å². The highest BCUT2D eigenvalue weighted by Crippen LogP contribution is 2.34. The van der Waals surface area contributed by atoms with Crippen LogP contribution in [0.1, 0.15) is 49.5 Å². The van der Waals surface area contributed by atoms with Crippen LogP contribution in [0.4, 0.5) is 4.79 Å². The summed E-state index contributed by atoms with van der Waals surface area (Å²) in [6.07, 6.45) is -1.29. The number of rotatable bonds is 19. The zero-order valence-corrected chi connectivity index (χ0v) is 28.2. The minimum Gasteiger partial charge on any atom is -0.453 e. The number of allylic oxidation sites excluding steroid dienone is 1. The Kier molecular flexibility index (Phi) is 14.6. The first kappa shape index (κ1) is 37.8. The molecule has 3 aromatic rings. The molecule has 1 aliphatic heterocycles. The molecule has 1 N–H and O–H groups in total. The molecule has 5 atom stereocenters. The highest BCUT2D eigenvalue weighted by atomic mass is 16.6. The van der Waals surface area contributed by atoms with Crippen molar-refractivity contribution in [1.82, 2.24) is 4.90 Å². The van der Waals surface area contributed by atoms with Crippen LogP contribution in [-0.4, -0.2) is 77.6 Å². The molecule has 0 unspecified atom stereocenters. The van der Waals surface area contributed by atoms with Crippen LogP contribution in [0.15, 0.2) is 103 Å². The molecule has 3 aromatic carbocycles. The summed E-state index contributed by atoms with van der Waals surface area (Å²) in [7, 11) is 0. The molecule has 0 radical (unpaired) electrons. The summed E-state index contributed by atoms with van der Waals surface area (Å²) >= 11 is 0. The number of ether oxygens (including phenoxy) is 4. The number of amides is 2. The molecule has 0 aromatic heterocycles. The Balaban J connectivity index is 1.39. The van der Waals surface area contributed by atoms with Gasteiger partial charge in [0, 0.05) is 20.0 Å². The van der Waals surface area contributed by atoms with Crippen LogP contribution in [0.25, 0.3) is 0 Å². The lowest BCUT2D eigenvalue weighted by Gasteiger charge is -2.28. The molecule has 264 valence electrons. The van der Waals surface area contributed by atoms with E-state index >= 15 is 0 Å². The van der Waals surface area contributed by atoms with Crippen molar-refractivity contribution in [2.75, 3.05) is 19.8 Å². The van der Waals surface area contributed by atoms with Gasteiger partial charge in [-0.3, -0.25) is 19.2 Å². The monoisotopic (exact) mass is 685 g/mol. The molecular weight excluding hydrogens is 642 g/mol. The normalized spacial score (nSPS) is 17.6. The fourth-order valence-electron chi connectivity index (χ4n) is 5.59. The topological polar surface area (TPSA) is 146 Å². The van der Waals surface area contributed by atoms with Gasteiger partial charge in [0.05, 0.1) is 31.8 Å². The number of hydrogen-bond acceptors (Lipinski definition) is 10. The first-order valence-corrected chi connectivity index (χ1v) is 16.6. The fraction of sp³-hybridized carbons (Fsp3) is 0.359. The minimum absolute atomic E-state index is 0.0289. The highest BCUT2D eigenvalue weighted by Gasteiger charge is 2.48. The average molecular weight is 686 g/mol. The van der Waals surface area contributed by atoms with Crippen LogP contribution in [-0.2, 0) is 51.2 Å². The lowest BCUT2D eigenvalue weighted by atomic mass is 9.89. The second-order valence-electron chi connectivity index (χ2n) is 12.0. The third-order valence-electron chi connectivity index (χ3n) is 8.17. The van der Waals surface area contributed by atoms with Gasteiger partial charge in [-0.2, -0.15) is 0 Å². The Morgan fingerprint density at radius 3 is 2.14 bits per heavy atom. The number of carbonyl (C=O) groups is 5. The maximum atomic E-state index is 14.2. The number of benzene rings is 3. The molecular formula is C39H43NO10. The van der Waals surface area contributed by atoms with Crippen molar-refractivity contribution >= 4 is 29.5 Å². The number of cyclic esters (lactones) is 1. The van der Waals surface area contributed by atoms with Crippen molar-refractivity contribution in [1.29, 1.82) is 0 Å². The zero-order valence-electron chi connectivity index (χ0n) is 28.2. The molecule has 1 fully saturated rings. The average Bonchev–Trinajstić information content (AvgIpc) is 3.43. The molecule has 1 heterocycles. The third kappa shape index (κ3) is 11.0. The molecule has 11 heteroatoms. The molecule has 1 aliphatic rings. The van der Waals surface area contributed by atoms with E-state index in [4.69, 9.17) is 18.9 Å². The fourth-order valence-corrected chi connectivity index (χ4v) is 5.59. The van der Waals surface area contributed by atoms with Crippen molar-refractivity contribution in [3.05, 3.63) is 120 Å². The van der Waals surface area contributed by atoms with Gasteiger partial charge in [-0.05, 0) is 48.6 Å². The first-order valence-electron chi connectivity index (χ1n) is 16.6. The number of nitrogens with zero attached hydrogens (tertiary/aromatic N) is 1. The summed E-state index contributed by atoms with van der Waals surface area (Å²) in [4.78, 5) is 66.7.